The van der Waals surface area contributed by atoms with Gasteiger partial charge in [-0.1, -0.05) is 18.2 Å². The Morgan fingerprint density at radius 2 is 1.87 bits per heavy atom. The Hall–Kier alpha value is -3.45. The fraction of sp³-hybridized carbons (Fsp3) is 0.261. The van der Waals surface area contributed by atoms with Gasteiger partial charge in [0.15, 0.2) is 0 Å². The number of hydrogen-bond acceptors (Lipinski definition) is 5. The number of carboxylic acids is 1. The van der Waals surface area contributed by atoms with E-state index in [9.17, 15) is 14.7 Å². The molecule has 7 nitrogen and oxygen atoms in total. The molecule has 0 atom stereocenters. The van der Waals surface area contributed by atoms with E-state index < -0.39 is 5.97 Å². The minimum absolute atomic E-state index is 0.143. The van der Waals surface area contributed by atoms with Crippen molar-refractivity contribution in [3.05, 3.63) is 69.6 Å². The van der Waals surface area contributed by atoms with E-state index in [-0.39, 0.29) is 16.8 Å². The molecule has 1 fully saturated rings. The number of carboxylic acid groups (broad SMARTS) is 1. The van der Waals surface area contributed by atoms with E-state index in [1.54, 1.807) is 16.7 Å². The highest BCUT2D eigenvalue weighted by Crippen LogP contribution is 2.18. The van der Waals surface area contributed by atoms with Crippen molar-refractivity contribution in [2.75, 3.05) is 31.2 Å². The molecule has 0 bridgehead atoms. The first kappa shape index (κ1) is 19.8. The standard InChI is InChI=1S/C23H23N3O4/c1-2-26-21-10-6-17(23(28)29)15-20(21)24-19(22(26)27)9-5-16-3-7-18(8-4-16)25-11-13-30-14-12-25/h3-10,15H,2,11-14H2,1H3,(H,28,29)/b9-5+. The molecule has 2 aromatic carbocycles. The number of morpholine rings is 1. The highest BCUT2D eigenvalue weighted by molar-refractivity contribution is 5.92. The normalized spacial score (nSPS) is 14.5. The molecule has 1 aliphatic heterocycles. The van der Waals surface area contributed by atoms with Crippen molar-refractivity contribution < 1.29 is 14.6 Å². The summed E-state index contributed by atoms with van der Waals surface area (Å²) >= 11 is 0. The van der Waals surface area contributed by atoms with Gasteiger partial charge in [-0.3, -0.25) is 4.79 Å². The molecule has 1 aliphatic rings. The summed E-state index contributed by atoms with van der Waals surface area (Å²) in [5.41, 5.74) is 3.44. The van der Waals surface area contributed by atoms with Gasteiger partial charge in [-0.15, -0.1) is 0 Å². The third kappa shape index (κ3) is 3.97. The number of aromatic carboxylic acids is 1. The smallest absolute Gasteiger partial charge is 0.335 e. The van der Waals surface area contributed by atoms with Crippen LogP contribution in [0.4, 0.5) is 5.69 Å². The molecule has 4 rings (SSSR count). The van der Waals surface area contributed by atoms with Gasteiger partial charge < -0.3 is 19.3 Å². The average Bonchev–Trinajstić information content (AvgIpc) is 2.78. The number of benzene rings is 2. The second-order valence-electron chi connectivity index (χ2n) is 7.08. The van der Waals surface area contributed by atoms with Crippen molar-refractivity contribution in [3.8, 4) is 0 Å². The molecule has 0 saturated carbocycles. The van der Waals surface area contributed by atoms with Crippen molar-refractivity contribution in [1.82, 2.24) is 9.55 Å². The number of hydrogen-bond donors (Lipinski definition) is 1. The number of ether oxygens (including phenoxy) is 1. The number of rotatable bonds is 5. The van der Waals surface area contributed by atoms with E-state index in [4.69, 9.17) is 4.74 Å². The number of aryl methyl sites for hydroxylation is 1. The maximum Gasteiger partial charge on any atom is 0.335 e. The van der Waals surface area contributed by atoms with Crippen LogP contribution in [0.5, 0.6) is 0 Å². The molecule has 0 amide bonds. The quantitative estimate of drug-likeness (QED) is 0.702. The Balaban J connectivity index is 1.65. The summed E-state index contributed by atoms with van der Waals surface area (Å²) in [6, 6.07) is 12.7. The zero-order valence-corrected chi connectivity index (χ0v) is 16.7. The molecule has 1 N–H and O–H groups in total. The van der Waals surface area contributed by atoms with E-state index in [1.807, 2.05) is 25.1 Å². The summed E-state index contributed by atoms with van der Waals surface area (Å²) in [6.45, 7) is 5.59. The molecule has 154 valence electrons. The second kappa shape index (κ2) is 8.51. The molecule has 2 heterocycles. The second-order valence-corrected chi connectivity index (χ2v) is 7.08. The minimum atomic E-state index is -1.02. The number of fused-ring (bicyclic) bond motifs is 1. The summed E-state index contributed by atoms with van der Waals surface area (Å²) in [7, 11) is 0. The van der Waals surface area contributed by atoms with Gasteiger partial charge in [0.1, 0.15) is 5.69 Å². The molecule has 30 heavy (non-hydrogen) atoms. The largest absolute Gasteiger partial charge is 0.478 e. The molecular weight excluding hydrogens is 382 g/mol. The van der Waals surface area contributed by atoms with Gasteiger partial charge in [-0.2, -0.15) is 0 Å². The van der Waals surface area contributed by atoms with Crippen LogP contribution in [0.25, 0.3) is 23.2 Å². The minimum Gasteiger partial charge on any atom is -0.478 e. The van der Waals surface area contributed by atoms with Crippen LogP contribution in [0, 0.1) is 0 Å². The van der Waals surface area contributed by atoms with Crippen molar-refractivity contribution in [1.29, 1.82) is 0 Å². The molecule has 0 aliphatic carbocycles. The third-order valence-electron chi connectivity index (χ3n) is 5.24. The Kier molecular flexibility index (Phi) is 5.63. The number of nitrogens with zero attached hydrogens (tertiary/aromatic N) is 3. The lowest BCUT2D eigenvalue weighted by Gasteiger charge is -2.28. The topological polar surface area (TPSA) is 84.7 Å². The number of anilines is 1. The van der Waals surface area contributed by atoms with Crippen molar-refractivity contribution in [3.63, 3.8) is 0 Å². The van der Waals surface area contributed by atoms with E-state index in [1.165, 1.54) is 12.1 Å². The van der Waals surface area contributed by atoms with Gasteiger partial charge in [0.2, 0.25) is 0 Å². The van der Waals surface area contributed by atoms with Crippen molar-refractivity contribution in [2.45, 2.75) is 13.5 Å². The van der Waals surface area contributed by atoms with Gasteiger partial charge in [0.25, 0.3) is 5.56 Å². The summed E-state index contributed by atoms with van der Waals surface area (Å²) in [4.78, 5) is 30.8. The monoisotopic (exact) mass is 405 g/mol. The highest BCUT2D eigenvalue weighted by Gasteiger charge is 2.12. The Morgan fingerprint density at radius 3 is 2.53 bits per heavy atom. The fourth-order valence-corrected chi connectivity index (χ4v) is 3.61. The maximum absolute atomic E-state index is 12.8. The molecule has 0 unspecified atom stereocenters. The summed E-state index contributed by atoms with van der Waals surface area (Å²) in [5.74, 6) is -1.02. The first-order chi connectivity index (χ1) is 14.6. The third-order valence-corrected chi connectivity index (χ3v) is 5.24. The predicted molar refractivity (Wildman–Crippen MR) is 117 cm³/mol. The zero-order chi connectivity index (χ0) is 21.1. The Bertz CT molecular complexity index is 1160. The maximum atomic E-state index is 12.8. The molecule has 0 radical (unpaired) electrons. The first-order valence-electron chi connectivity index (χ1n) is 9.95. The van der Waals surface area contributed by atoms with E-state index in [0.29, 0.717) is 17.6 Å². The highest BCUT2D eigenvalue weighted by atomic mass is 16.5. The molecular formula is C23H23N3O4. The van der Waals surface area contributed by atoms with E-state index >= 15 is 0 Å². The van der Waals surface area contributed by atoms with Crippen molar-refractivity contribution >= 4 is 34.8 Å². The molecule has 1 aromatic heterocycles. The van der Waals surface area contributed by atoms with Gasteiger partial charge in [-0.05, 0) is 48.9 Å². The van der Waals surface area contributed by atoms with Crippen LogP contribution in [0.2, 0.25) is 0 Å². The van der Waals surface area contributed by atoms with E-state index in [2.05, 4.69) is 22.0 Å². The van der Waals surface area contributed by atoms with Crippen LogP contribution in [0.3, 0.4) is 0 Å². The molecule has 1 saturated heterocycles. The Labute approximate surface area is 173 Å². The molecule has 7 heteroatoms. The lowest BCUT2D eigenvalue weighted by Crippen LogP contribution is -2.36. The van der Waals surface area contributed by atoms with Crippen LogP contribution in [0.1, 0.15) is 28.5 Å². The van der Waals surface area contributed by atoms with Gasteiger partial charge >= 0.3 is 5.97 Å². The Morgan fingerprint density at radius 1 is 1.13 bits per heavy atom. The van der Waals surface area contributed by atoms with Crippen LogP contribution in [-0.2, 0) is 11.3 Å². The summed E-state index contributed by atoms with van der Waals surface area (Å²) in [5, 5.41) is 9.24. The van der Waals surface area contributed by atoms with Crippen LogP contribution in [-0.4, -0.2) is 46.9 Å². The molecule has 3 aromatic rings. The van der Waals surface area contributed by atoms with Crippen LogP contribution < -0.4 is 10.5 Å². The van der Waals surface area contributed by atoms with Gasteiger partial charge in [0, 0.05) is 25.3 Å². The predicted octanol–water partition coefficient (Wildman–Crippen LogP) is 3.12. The van der Waals surface area contributed by atoms with Gasteiger partial charge in [0.05, 0.1) is 29.8 Å². The SMILES string of the molecule is CCn1c(=O)c(/C=C/c2ccc(N3CCOCC3)cc2)nc2cc(C(=O)O)ccc21. The summed E-state index contributed by atoms with van der Waals surface area (Å²) < 4.78 is 7.00. The fourth-order valence-electron chi connectivity index (χ4n) is 3.61. The zero-order valence-electron chi connectivity index (χ0n) is 16.7. The molecule has 0 spiro atoms. The first-order valence-corrected chi connectivity index (χ1v) is 9.95. The van der Waals surface area contributed by atoms with Crippen LogP contribution >= 0.6 is 0 Å². The summed E-state index contributed by atoms with van der Waals surface area (Å²) in [6.07, 6.45) is 3.53. The van der Waals surface area contributed by atoms with E-state index in [0.717, 1.165) is 37.6 Å². The average molecular weight is 405 g/mol. The van der Waals surface area contributed by atoms with Crippen molar-refractivity contribution in [2.24, 2.45) is 0 Å². The lowest BCUT2D eigenvalue weighted by molar-refractivity contribution is 0.0697. The lowest BCUT2D eigenvalue weighted by atomic mass is 10.1. The number of aromatic nitrogens is 2. The van der Waals surface area contributed by atoms with Crippen LogP contribution in [0.15, 0.2) is 47.3 Å². The van der Waals surface area contributed by atoms with Gasteiger partial charge in [-0.25, -0.2) is 9.78 Å². The number of carbonyl (C=O) groups is 1.